The number of anilines is 1. The third kappa shape index (κ3) is 4.11. The predicted molar refractivity (Wildman–Crippen MR) is 103 cm³/mol. The van der Waals surface area contributed by atoms with Crippen LogP contribution in [0.25, 0.3) is 0 Å². The number of rotatable bonds is 5. The number of ether oxygens (including phenoxy) is 2. The molecule has 0 bridgehead atoms. The molecule has 1 aliphatic heterocycles. The van der Waals surface area contributed by atoms with E-state index in [4.69, 9.17) is 9.47 Å². The molecule has 1 aliphatic rings. The minimum atomic E-state index is -0.488. The van der Waals surface area contributed by atoms with Gasteiger partial charge in [0.15, 0.2) is 11.5 Å². The zero-order chi connectivity index (χ0) is 19.3. The second-order valence-electron chi connectivity index (χ2n) is 6.52. The third-order valence-electron chi connectivity index (χ3n) is 4.56. The van der Waals surface area contributed by atoms with Crippen LogP contribution < -0.4 is 14.8 Å². The fourth-order valence-electron chi connectivity index (χ4n) is 3.16. The number of nitrogens with zero attached hydrogens (tertiary/aromatic N) is 1. The van der Waals surface area contributed by atoms with E-state index >= 15 is 0 Å². The first-order valence-corrected chi connectivity index (χ1v) is 9.04. The van der Waals surface area contributed by atoms with Gasteiger partial charge in [-0.1, -0.05) is 18.2 Å². The van der Waals surface area contributed by atoms with E-state index in [1.165, 1.54) is 12.1 Å². The maximum absolute atomic E-state index is 13.3. The maximum Gasteiger partial charge on any atom is 0.232 e. The highest BCUT2D eigenvalue weighted by atomic mass is 19.1. The third-order valence-corrected chi connectivity index (χ3v) is 4.56. The van der Waals surface area contributed by atoms with Crippen molar-refractivity contribution in [3.63, 3.8) is 0 Å². The second kappa shape index (κ2) is 8.08. The molecule has 5 nitrogen and oxygen atoms in total. The summed E-state index contributed by atoms with van der Waals surface area (Å²) in [6.45, 7) is 0.986. The Morgan fingerprint density at radius 1 is 1.07 bits per heavy atom. The molecular formula is C22H19FN2O3. The second-order valence-corrected chi connectivity index (χ2v) is 6.52. The van der Waals surface area contributed by atoms with E-state index in [0.717, 1.165) is 11.1 Å². The van der Waals surface area contributed by atoms with Crippen molar-refractivity contribution in [2.45, 2.75) is 12.3 Å². The van der Waals surface area contributed by atoms with Gasteiger partial charge in [-0.05, 0) is 47.9 Å². The number of nitrogens with one attached hydrogen (secondary N) is 1. The number of aromatic nitrogens is 1. The Kier molecular flexibility index (Phi) is 5.19. The quantitative estimate of drug-likeness (QED) is 0.730. The van der Waals surface area contributed by atoms with Crippen molar-refractivity contribution in [2.75, 3.05) is 18.5 Å². The molecule has 3 aromatic rings. The molecular weight excluding hydrogens is 359 g/mol. The van der Waals surface area contributed by atoms with Gasteiger partial charge in [0.1, 0.15) is 19.0 Å². The fraction of sp³-hybridized carbons (Fsp3) is 0.182. The normalized spacial score (nSPS) is 13.6. The Morgan fingerprint density at radius 3 is 2.61 bits per heavy atom. The van der Waals surface area contributed by atoms with Gasteiger partial charge in [0.25, 0.3) is 0 Å². The lowest BCUT2D eigenvalue weighted by Gasteiger charge is -2.20. The van der Waals surface area contributed by atoms with Gasteiger partial charge in [0.2, 0.25) is 5.91 Å². The van der Waals surface area contributed by atoms with Gasteiger partial charge in [-0.3, -0.25) is 9.78 Å². The zero-order valence-corrected chi connectivity index (χ0v) is 15.1. The number of pyridine rings is 1. The molecule has 1 atom stereocenters. The SMILES string of the molecule is O=C(Nc1ccc2c(c1)OCCO2)C(Cc1cccnc1)c1ccc(F)cc1. The lowest BCUT2D eigenvalue weighted by atomic mass is 9.91. The summed E-state index contributed by atoms with van der Waals surface area (Å²) in [6, 6.07) is 15.1. The summed E-state index contributed by atoms with van der Waals surface area (Å²) < 4.78 is 24.4. The van der Waals surface area contributed by atoms with Crippen LogP contribution in [-0.2, 0) is 11.2 Å². The van der Waals surface area contributed by atoms with E-state index in [9.17, 15) is 9.18 Å². The minimum Gasteiger partial charge on any atom is -0.486 e. The number of halogens is 1. The Bertz CT molecular complexity index is 961. The van der Waals surface area contributed by atoms with Gasteiger partial charge in [-0.15, -0.1) is 0 Å². The molecule has 142 valence electrons. The molecule has 28 heavy (non-hydrogen) atoms. The molecule has 0 spiro atoms. The Hall–Kier alpha value is -3.41. The number of hydrogen-bond acceptors (Lipinski definition) is 4. The van der Waals surface area contributed by atoms with Gasteiger partial charge >= 0.3 is 0 Å². The summed E-state index contributed by atoms with van der Waals surface area (Å²) in [5.41, 5.74) is 2.28. The molecule has 0 saturated carbocycles. The molecule has 0 radical (unpaired) electrons. The molecule has 0 aliphatic carbocycles. The smallest absolute Gasteiger partial charge is 0.232 e. The first kappa shape index (κ1) is 18.0. The van der Waals surface area contributed by atoms with Crippen LogP contribution >= 0.6 is 0 Å². The Labute approximate surface area is 162 Å². The van der Waals surface area contributed by atoms with Crippen molar-refractivity contribution in [1.82, 2.24) is 4.98 Å². The first-order chi connectivity index (χ1) is 13.7. The lowest BCUT2D eigenvalue weighted by Crippen LogP contribution is -2.23. The van der Waals surface area contributed by atoms with Crippen LogP contribution in [0.5, 0.6) is 11.5 Å². The van der Waals surface area contributed by atoms with E-state index in [2.05, 4.69) is 10.3 Å². The zero-order valence-electron chi connectivity index (χ0n) is 15.1. The molecule has 0 fully saturated rings. The van der Waals surface area contributed by atoms with E-state index in [1.807, 2.05) is 12.1 Å². The summed E-state index contributed by atoms with van der Waals surface area (Å²) in [5, 5.41) is 2.94. The average Bonchev–Trinajstić information content (AvgIpc) is 2.73. The van der Waals surface area contributed by atoms with Gasteiger partial charge in [-0.25, -0.2) is 4.39 Å². The van der Waals surface area contributed by atoms with Crippen molar-refractivity contribution in [2.24, 2.45) is 0 Å². The van der Waals surface area contributed by atoms with Crippen LogP contribution in [0.1, 0.15) is 17.0 Å². The van der Waals surface area contributed by atoms with Gasteiger partial charge in [-0.2, -0.15) is 0 Å². The van der Waals surface area contributed by atoms with E-state index in [0.29, 0.717) is 36.8 Å². The standard InChI is InChI=1S/C22H19FN2O3/c23-17-5-3-16(4-6-17)19(12-15-2-1-9-24-14-15)22(26)25-18-7-8-20-21(13-18)28-11-10-27-20/h1-9,13-14,19H,10-12H2,(H,25,26). The summed E-state index contributed by atoms with van der Waals surface area (Å²) in [7, 11) is 0. The molecule has 1 unspecified atom stereocenters. The highest BCUT2D eigenvalue weighted by Gasteiger charge is 2.22. The van der Waals surface area contributed by atoms with Crippen molar-refractivity contribution in [3.8, 4) is 11.5 Å². The van der Waals surface area contributed by atoms with E-state index in [-0.39, 0.29) is 11.7 Å². The summed E-state index contributed by atoms with van der Waals surface area (Å²) in [6.07, 6.45) is 3.87. The molecule has 4 rings (SSSR count). The van der Waals surface area contributed by atoms with Crippen LogP contribution in [-0.4, -0.2) is 24.1 Å². The molecule has 0 saturated heterocycles. The summed E-state index contributed by atoms with van der Waals surface area (Å²) in [5.74, 6) is 0.255. The minimum absolute atomic E-state index is 0.188. The highest BCUT2D eigenvalue weighted by molar-refractivity contribution is 5.96. The number of hydrogen-bond donors (Lipinski definition) is 1. The number of carbonyl (C=O) groups is 1. The van der Waals surface area contributed by atoms with Crippen LogP contribution in [0.3, 0.4) is 0 Å². The number of benzene rings is 2. The van der Waals surface area contributed by atoms with E-state index < -0.39 is 5.92 Å². The lowest BCUT2D eigenvalue weighted by molar-refractivity contribution is -0.117. The van der Waals surface area contributed by atoms with Gasteiger partial charge in [0.05, 0.1) is 5.92 Å². The molecule has 1 amide bonds. The maximum atomic E-state index is 13.3. The highest BCUT2D eigenvalue weighted by Crippen LogP contribution is 2.33. The number of fused-ring (bicyclic) bond motifs is 1. The summed E-state index contributed by atoms with van der Waals surface area (Å²) >= 11 is 0. The first-order valence-electron chi connectivity index (χ1n) is 9.04. The van der Waals surface area contributed by atoms with Crippen molar-refractivity contribution < 1.29 is 18.7 Å². The van der Waals surface area contributed by atoms with Crippen molar-refractivity contribution >= 4 is 11.6 Å². The molecule has 2 aromatic carbocycles. The topological polar surface area (TPSA) is 60.5 Å². The van der Waals surface area contributed by atoms with Crippen molar-refractivity contribution in [1.29, 1.82) is 0 Å². The fourth-order valence-corrected chi connectivity index (χ4v) is 3.16. The van der Waals surface area contributed by atoms with E-state index in [1.54, 1.807) is 42.7 Å². The Balaban J connectivity index is 1.58. The van der Waals surface area contributed by atoms with Crippen LogP contribution in [0.15, 0.2) is 67.0 Å². The van der Waals surface area contributed by atoms with Gasteiger partial charge in [0, 0.05) is 24.1 Å². The van der Waals surface area contributed by atoms with Crippen LogP contribution in [0.2, 0.25) is 0 Å². The van der Waals surface area contributed by atoms with Crippen LogP contribution in [0.4, 0.5) is 10.1 Å². The average molecular weight is 378 g/mol. The summed E-state index contributed by atoms with van der Waals surface area (Å²) in [4.78, 5) is 17.2. The Morgan fingerprint density at radius 2 is 1.86 bits per heavy atom. The predicted octanol–water partition coefficient (Wildman–Crippen LogP) is 3.96. The van der Waals surface area contributed by atoms with Gasteiger partial charge < -0.3 is 14.8 Å². The molecule has 6 heteroatoms. The number of carbonyl (C=O) groups excluding carboxylic acids is 1. The largest absolute Gasteiger partial charge is 0.486 e. The monoisotopic (exact) mass is 378 g/mol. The van der Waals surface area contributed by atoms with Crippen molar-refractivity contribution in [3.05, 3.63) is 83.9 Å². The molecule has 1 aromatic heterocycles. The van der Waals surface area contributed by atoms with Crippen LogP contribution in [0, 0.1) is 5.82 Å². The number of amides is 1. The molecule has 2 heterocycles. The molecule has 1 N–H and O–H groups in total.